The molecule has 2 aliphatic rings. The van der Waals surface area contributed by atoms with Gasteiger partial charge in [0.05, 0.1) is 34.2 Å². The Morgan fingerprint density at radius 3 is 1.63 bits per heavy atom. The number of hydrogen-bond donors (Lipinski definition) is 0. The van der Waals surface area contributed by atoms with Gasteiger partial charge in [0.25, 0.3) is 0 Å². The molecule has 60 heavy (non-hydrogen) atoms. The normalized spacial score (nSPS) is 18.7. The van der Waals surface area contributed by atoms with E-state index in [-0.39, 0.29) is 5.41 Å². The molecule has 1 aliphatic carbocycles. The molecule has 0 spiro atoms. The van der Waals surface area contributed by atoms with Gasteiger partial charge in [0.2, 0.25) is 0 Å². The van der Waals surface area contributed by atoms with Crippen LogP contribution in [0, 0.1) is 0 Å². The van der Waals surface area contributed by atoms with Gasteiger partial charge in [0, 0.05) is 38.8 Å². The fraction of sp³-hybridized carbons (Fsp3) is 0.0702. The van der Waals surface area contributed by atoms with E-state index in [1.54, 1.807) is 0 Å². The standard InChI is InChI=1S/C57H43N3/c1-3-57(2)48-34-17-16-32-46(48)52-47(33-20-35-49(52)57)56-54(42-27-14-7-15-28-42)59-55(53(60-56)41-25-12-6-13-26-41)45-31-18-30-44(37-45)50-36-19-29-43(39-21-8-4-9-22-39)38-51(58-50)40-23-10-5-11-24-40/h4-38H,3H2,1-2H3/b29-19?,36-19+,43-29-,43-38?,50-36?,51-38-,58-50+,58-51?. The van der Waals surface area contributed by atoms with Gasteiger partial charge in [-0.25, -0.2) is 15.0 Å². The van der Waals surface area contributed by atoms with Gasteiger partial charge in [-0.2, -0.15) is 0 Å². The predicted octanol–water partition coefficient (Wildman–Crippen LogP) is 14.3. The maximum atomic E-state index is 5.72. The minimum Gasteiger partial charge on any atom is -0.248 e. The molecular formula is C57H43N3. The number of aliphatic imine (C=N–C) groups is 1. The number of nitrogens with zero attached hydrogens (tertiary/aromatic N) is 3. The lowest BCUT2D eigenvalue weighted by Crippen LogP contribution is -2.19. The smallest absolute Gasteiger partial charge is 0.0979 e. The number of benzene rings is 7. The van der Waals surface area contributed by atoms with Gasteiger partial charge in [-0.05, 0) is 58.0 Å². The summed E-state index contributed by atoms with van der Waals surface area (Å²) < 4.78 is 0. The van der Waals surface area contributed by atoms with Crippen LogP contribution in [0.4, 0.5) is 0 Å². The summed E-state index contributed by atoms with van der Waals surface area (Å²) in [6.07, 6.45) is 9.56. The largest absolute Gasteiger partial charge is 0.248 e. The first-order valence-corrected chi connectivity index (χ1v) is 20.8. The third-order valence-electron chi connectivity index (χ3n) is 12.1. The molecule has 0 saturated heterocycles. The molecule has 1 aliphatic heterocycles. The van der Waals surface area contributed by atoms with Gasteiger partial charge in [-0.1, -0.05) is 208 Å². The van der Waals surface area contributed by atoms with Crippen molar-refractivity contribution in [3.63, 3.8) is 0 Å². The summed E-state index contributed by atoms with van der Waals surface area (Å²) in [5.74, 6) is 0. The first kappa shape index (κ1) is 36.8. The lowest BCUT2D eigenvalue weighted by atomic mass is 9.78. The van der Waals surface area contributed by atoms with Crippen LogP contribution in [0.2, 0.25) is 0 Å². The summed E-state index contributed by atoms with van der Waals surface area (Å²) in [6, 6.07) is 66.1. The second kappa shape index (κ2) is 15.7. The van der Waals surface area contributed by atoms with E-state index in [0.29, 0.717) is 0 Å². The summed E-state index contributed by atoms with van der Waals surface area (Å²) >= 11 is 0. The van der Waals surface area contributed by atoms with Crippen LogP contribution in [0.1, 0.15) is 48.1 Å². The number of allylic oxidation sites excluding steroid dienone is 5. The van der Waals surface area contributed by atoms with Crippen LogP contribution in [0.5, 0.6) is 0 Å². The summed E-state index contributed by atoms with van der Waals surface area (Å²) in [4.78, 5) is 16.8. The Kier molecular flexibility index (Phi) is 9.63. The molecule has 1 unspecified atom stereocenters. The van der Waals surface area contributed by atoms with Gasteiger partial charge in [0.15, 0.2) is 0 Å². The maximum Gasteiger partial charge on any atom is 0.0979 e. The van der Waals surface area contributed by atoms with E-state index in [2.05, 4.69) is 214 Å². The molecule has 0 N–H and O–H groups in total. The summed E-state index contributed by atoms with van der Waals surface area (Å²) in [7, 11) is 0. The second-order valence-corrected chi connectivity index (χ2v) is 15.6. The molecule has 0 saturated carbocycles. The Morgan fingerprint density at radius 1 is 0.450 bits per heavy atom. The van der Waals surface area contributed by atoms with Gasteiger partial charge in [-0.3, -0.25) is 0 Å². The number of hydrogen-bond acceptors (Lipinski definition) is 3. The summed E-state index contributed by atoms with van der Waals surface area (Å²) in [6.45, 7) is 4.67. The lowest BCUT2D eigenvalue weighted by Gasteiger charge is -2.26. The SMILES string of the molecule is CCC1(C)c2ccccc2-c2c(-c3nc(-c4ccccc4)c(-c4cccc(C5=N/C(c6ccccc6)=C\C(c6ccccc6)=C\C=C\5)c4)nc3-c3ccccc3)cccc21. The van der Waals surface area contributed by atoms with E-state index in [0.717, 1.165) is 85.1 Å². The van der Waals surface area contributed by atoms with Crippen molar-refractivity contribution in [2.24, 2.45) is 4.99 Å². The molecule has 10 rings (SSSR count). The highest BCUT2D eigenvalue weighted by atomic mass is 14.9. The molecule has 1 atom stereocenters. The Hall–Kier alpha value is -7.49. The van der Waals surface area contributed by atoms with E-state index in [4.69, 9.17) is 15.0 Å². The van der Waals surface area contributed by atoms with Crippen LogP contribution in [0.25, 0.3) is 67.4 Å². The third kappa shape index (κ3) is 6.64. The zero-order chi connectivity index (χ0) is 40.5. The van der Waals surface area contributed by atoms with Crippen molar-refractivity contribution >= 4 is 17.0 Å². The highest BCUT2D eigenvalue weighted by Crippen LogP contribution is 2.54. The highest BCUT2D eigenvalue weighted by molar-refractivity contribution is 6.12. The van der Waals surface area contributed by atoms with Crippen molar-refractivity contribution in [2.45, 2.75) is 25.7 Å². The Bertz CT molecular complexity index is 3000. The Balaban J connectivity index is 1.18. The van der Waals surface area contributed by atoms with Crippen molar-refractivity contribution in [2.75, 3.05) is 0 Å². The predicted molar refractivity (Wildman–Crippen MR) is 250 cm³/mol. The maximum absolute atomic E-state index is 5.72. The van der Waals surface area contributed by atoms with E-state index in [9.17, 15) is 0 Å². The monoisotopic (exact) mass is 769 g/mol. The molecule has 0 fully saturated rings. The minimum atomic E-state index is -0.104. The first-order chi connectivity index (χ1) is 29.6. The van der Waals surface area contributed by atoms with E-state index in [1.807, 2.05) is 12.1 Å². The molecule has 3 nitrogen and oxygen atoms in total. The second-order valence-electron chi connectivity index (χ2n) is 15.6. The molecule has 7 aromatic carbocycles. The summed E-state index contributed by atoms with van der Waals surface area (Å²) in [5.41, 5.74) is 18.6. The quantitative estimate of drug-likeness (QED) is 0.154. The van der Waals surface area contributed by atoms with Crippen LogP contribution in [-0.4, -0.2) is 15.7 Å². The van der Waals surface area contributed by atoms with Crippen molar-refractivity contribution < 1.29 is 0 Å². The molecule has 0 bridgehead atoms. The lowest BCUT2D eigenvalue weighted by molar-refractivity contribution is 0.564. The van der Waals surface area contributed by atoms with E-state index in [1.165, 1.54) is 22.3 Å². The highest BCUT2D eigenvalue weighted by Gasteiger charge is 2.39. The minimum absolute atomic E-state index is 0.104. The zero-order valence-corrected chi connectivity index (χ0v) is 33.8. The Labute approximate surface area is 352 Å². The number of aromatic nitrogens is 2. The third-order valence-corrected chi connectivity index (χ3v) is 12.1. The average Bonchev–Trinajstić information content (AvgIpc) is 3.58. The Morgan fingerprint density at radius 2 is 0.950 bits per heavy atom. The van der Waals surface area contributed by atoms with Crippen LogP contribution in [0.15, 0.2) is 217 Å². The van der Waals surface area contributed by atoms with Crippen LogP contribution in [-0.2, 0) is 5.41 Å². The molecule has 286 valence electrons. The van der Waals surface area contributed by atoms with Gasteiger partial charge in [0.1, 0.15) is 0 Å². The van der Waals surface area contributed by atoms with Crippen molar-refractivity contribution in [1.29, 1.82) is 0 Å². The van der Waals surface area contributed by atoms with Crippen LogP contribution >= 0.6 is 0 Å². The zero-order valence-electron chi connectivity index (χ0n) is 33.8. The molecule has 3 heteroatoms. The molecule has 2 heterocycles. The van der Waals surface area contributed by atoms with E-state index >= 15 is 0 Å². The molecular weight excluding hydrogens is 727 g/mol. The molecule has 0 radical (unpaired) electrons. The number of fused-ring (bicyclic) bond motifs is 3. The summed E-state index contributed by atoms with van der Waals surface area (Å²) in [5, 5.41) is 0. The first-order valence-electron chi connectivity index (χ1n) is 20.8. The van der Waals surface area contributed by atoms with E-state index < -0.39 is 0 Å². The van der Waals surface area contributed by atoms with Gasteiger partial charge < -0.3 is 0 Å². The van der Waals surface area contributed by atoms with Crippen LogP contribution in [0.3, 0.4) is 0 Å². The number of rotatable bonds is 8. The van der Waals surface area contributed by atoms with Gasteiger partial charge >= 0.3 is 0 Å². The molecule has 8 aromatic rings. The van der Waals surface area contributed by atoms with Crippen molar-refractivity contribution in [3.05, 3.63) is 240 Å². The fourth-order valence-electron chi connectivity index (χ4n) is 8.82. The average molecular weight is 770 g/mol. The van der Waals surface area contributed by atoms with Gasteiger partial charge in [-0.15, -0.1) is 0 Å². The molecule has 0 amide bonds. The topological polar surface area (TPSA) is 38.1 Å². The van der Waals surface area contributed by atoms with Crippen molar-refractivity contribution in [1.82, 2.24) is 9.97 Å². The van der Waals surface area contributed by atoms with Crippen LogP contribution < -0.4 is 0 Å². The fourth-order valence-corrected chi connectivity index (χ4v) is 8.82. The van der Waals surface area contributed by atoms with Crippen molar-refractivity contribution in [3.8, 4) is 56.2 Å². The molecule has 1 aromatic heterocycles.